The lowest BCUT2D eigenvalue weighted by atomic mass is 10.1. The summed E-state index contributed by atoms with van der Waals surface area (Å²) in [4.78, 5) is 26.1. The maximum absolute atomic E-state index is 12.4. The summed E-state index contributed by atoms with van der Waals surface area (Å²) in [6.07, 6.45) is 4.11. The molecule has 1 heterocycles. The molecule has 0 unspecified atom stereocenters. The molecule has 1 rings (SSSR count). The Kier molecular flexibility index (Phi) is 6.49. The highest BCUT2D eigenvalue weighted by Gasteiger charge is 2.43. The number of amides is 1. The summed E-state index contributed by atoms with van der Waals surface area (Å²) in [6, 6.07) is -0.420. The molecular weight excluding hydrogens is 270 g/mol. The smallest absolute Gasteiger partial charge is 0.411 e. The first kappa shape index (κ1) is 17.8. The van der Waals surface area contributed by atoms with Gasteiger partial charge in [-0.15, -0.1) is 0 Å². The number of esters is 1. The molecule has 2 atom stereocenters. The first-order valence-electron chi connectivity index (χ1n) is 7.98. The average Bonchev–Trinajstić information content (AvgIpc) is 2.78. The van der Waals surface area contributed by atoms with E-state index in [0.29, 0.717) is 13.0 Å². The Balaban J connectivity index is 2.84. The van der Waals surface area contributed by atoms with Crippen LogP contribution in [0.5, 0.6) is 0 Å². The number of nitrogens with zero attached hydrogens (tertiary/aromatic N) is 1. The Hall–Kier alpha value is -1.26. The van der Waals surface area contributed by atoms with Crippen molar-refractivity contribution in [3.05, 3.63) is 0 Å². The lowest BCUT2D eigenvalue weighted by Gasteiger charge is -2.31. The van der Waals surface area contributed by atoms with Crippen molar-refractivity contribution in [2.75, 3.05) is 6.61 Å². The summed E-state index contributed by atoms with van der Waals surface area (Å²) in [5.41, 5.74) is -0.561. The van der Waals surface area contributed by atoms with E-state index in [1.54, 1.807) is 11.8 Å². The van der Waals surface area contributed by atoms with Crippen molar-refractivity contribution in [1.82, 2.24) is 4.90 Å². The van der Waals surface area contributed by atoms with Crippen LogP contribution in [0.3, 0.4) is 0 Å². The second kappa shape index (κ2) is 7.66. The van der Waals surface area contributed by atoms with Crippen LogP contribution in [0.15, 0.2) is 0 Å². The fourth-order valence-corrected chi connectivity index (χ4v) is 2.67. The maximum Gasteiger partial charge on any atom is 0.411 e. The van der Waals surface area contributed by atoms with Crippen LogP contribution < -0.4 is 0 Å². The van der Waals surface area contributed by atoms with E-state index >= 15 is 0 Å². The molecule has 5 nitrogen and oxygen atoms in total. The number of hydrogen-bond donors (Lipinski definition) is 0. The van der Waals surface area contributed by atoms with Crippen LogP contribution >= 0.6 is 0 Å². The van der Waals surface area contributed by atoms with Crippen molar-refractivity contribution in [1.29, 1.82) is 0 Å². The van der Waals surface area contributed by atoms with Gasteiger partial charge in [-0.25, -0.2) is 9.59 Å². The number of rotatable bonds is 5. The van der Waals surface area contributed by atoms with Crippen molar-refractivity contribution in [2.24, 2.45) is 0 Å². The second-order valence-corrected chi connectivity index (χ2v) is 6.53. The molecule has 5 heteroatoms. The van der Waals surface area contributed by atoms with Crippen molar-refractivity contribution >= 4 is 12.1 Å². The molecule has 1 aliphatic rings. The van der Waals surface area contributed by atoms with E-state index in [1.807, 2.05) is 20.8 Å². The predicted octanol–water partition coefficient (Wildman–Crippen LogP) is 3.51. The lowest BCUT2D eigenvalue weighted by Crippen LogP contribution is -2.47. The normalized spacial score (nSPS) is 22.2. The third-order valence-corrected chi connectivity index (χ3v) is 3.56. The van der Waals surface area contributed by atoms with Crippen molar-refractivity contribution in [3.8, 4) is 0 Å². The number of likely N-dealkylation sites (tertiary alicyclic amines) is 1. The van der Waals surface area contributed by atoms with Crippen LogP contribution in [0.25, 0.3) is 0 Å². The van der Waals surface area contributed by atoms with Gasteiger partial charge in [0.1, 0.15) is 11.6 Å². The van der Waals surface area contributed by atoms with Gasteiger partial charge in [0.15, 0.2) is 0 Å². The molecule has 0 N–H and O–H groups in total. The fourth-order valence-electron chi connectivity index (χ4n) is 2.67. The molecule has 0 aromatic rings. The van der Waals surface area contributed by atoms with E-state index in [-0.39, 0.29) is 12.0 Å². The van der Waals surface area contributed by atoms with E-state index in [9.17, 15) is 9.59 Å². The molecule has 0 radical (unpaired) electrons. The minimum absolute atomic E-state index is 0.0780. The highest BCUT2D eigenvalue weighted by molar-refractivity contribution is 5.82. The predicted molar refractivity (Wildman–Crippen MR) is 81.0 cm³/mol. The Morgan fingerprint density at radius 2 is 1.86 bits per heavy atom. The van der Waals surface area contributed by atoms with Gasteiger partial charge >= 0.3 is 12.1 Å². The van der Waals surface area contributed by atoms with E-state index in [0.717, 1.165) is 25.7 Å². The number of hydrogen-bond acceptors (Lipinski definition) is 4. The quantitative estimate of drug-likeness (QED) is 0.729. The summed E-state index contributed by atoms with van der Waals surface area (Å²) in [5.74, 6) is -0.317. The van der Waals surface area contributed by atoms with Gasteiger partial charge < -0.3 is 9.47 Å². The minimum Gasteiger partial charge on any atom is -0.464 e. The molecule has 1 saturated heterocycles. The topological polar surface area (TPSA) is 55.8 Å². The van der Waals surface area contributed by atoms with E-state index < -0.39 is 17.7 Å². The molecule has 0 saturated carbocycles. The molecule has 1 fully saturated rings. The largest absolute Gasteiger partial charge is 0.464 e. The zero-order valence-electron chi connectivity index (χ0n) is 14.0. The zero-order valence-corrected chi connectivity index (χ0v) is 14.0. The molecule has 0 spiro atoms. The van der Waals surface area contributed by atoms with Gasteiger partial charge in [0.25, 0.3) is 0 Å². The fraction of sp³-hybridized carbons (Fsp3) is 0.875. The second-order valence-electron chi connectivity index (χ2n) is 6.53. The van der Waals surface area contributed by atoms with Crippen molar-refractivity contribution in [2.45, 2.75) is 84.4 Å². The zero-order chi connectivity index (χ0) is 16.0. The molecule has 21 heavy (non-hydrogen) atoms. The molecule has 0 aliphatic carbocycles. The first-order valence-corrected chi connectivity index (χ1v) is 7.98. The van der Waals surface area contributed by atoms with Gasteiger partial charge in [0, 0.05) is 6.04 Å². The molecule has 122 valence electrons. The summed E-state index contributed by atoms with van der Waals surface area (Å²) < 4.78 is 10.6. The molecule has 1 amide bonds. The van der Waals surface area contributed by atoms with Crippen LogP contribution in [-0.2, 0) is 14.3 Å². The van der Waals surface area contributed by atoms with Gasteiger partial charge in [0.05, 0.1) is 6.61 Å². The molecule has 1 aliphatic heterocycles. The van der Waals surface area contributed by atoms with Gasteiger partial charge in [-0.2, -0.15) is 0 Å². The number of carbonyl (C=O) groups is 2. The van der Waals surface area contributed by atoms with Crippen LogP contribution in [0.1, 0.15) is 66.7 Å². The first-order chi connectivity index (χ1) is 9.80. The summed E-state index contributed by atoms with van der Waals surface area (Å²) >= 11 is 0. The van der Waals surface area contributed by atoms with Crippen molar-refractivity contribution in [3.63, 3.8) is 0 Å². The SMILES string of the molecule is CCCC[C@@H]1CC[C@@H](C(=O)OCC)N1C(=O)OC(C)(C)C. The average molecular weight is 299 g/mol. The number of carbonyl (C=O) groups excluding carboxylic acids is 2. The van der Waals surface area contributed by atoms with E-state index in [1.165, 1.54) is 0 Å². The molecule has 0 aromatic heterocycles. The van der Waals surface area contributed by atoms with Crippen LogP contribution in [0, 0.1) is 0 Å². The minimum atomic E-state index is -0.561. The monoisotopic (exact) mass is 299 g/mol. The van der Waals surface area contributed by atoms with E-state index in [2.05, 4.69) is 6.92 Å². The van der Waals surface area contributed by atoms with Gasteiger partial charge in [-0.05, 0) is 47.0 Å². The Morgan fingerprint density at radius 1 is 1.19 bits per heavy atom. The van der Waals surface area contributed by atoms with Crippen molar-refractivity contribution < 1.29 is 19.1 Å². The Morgan fingerprint density at radius 3 is 2.38 bits per heavy atom. The highest BCUT2D eigenvalue weighted by atomic mass is 16.6. The van der Waals surface area contributed by atoms with Crippen LogP contribution in [-0.4, -0.2) is 41.3 Å². The third kappa shape index (κ3) is 5.21. The third-order valence-electron chi connectivity index (χ3n) is 3.56. The van der Waals surface area contributed by atoms with Gasteiger partial charge in [-0.1, -0.05) is 19.8 Å². The lowest BCUT2D eigenvalue weighted by molar-refractivity contribution is -0.148. The standard InChI is InChI=1S/C16H29NO4/c1-6-8-9-12-10-11-13(14(18)20-7-2)17(12)15(19)21-16(3,4)5/h12-13H,6-11H2,1-5H3/t12-,13+/m1/s1. The van der Waals surface area contributed by atoms with Crippen LogP contribution in [0.4, 0.5) is 4.79 Å². The van der Waals surface area contributed by atoms with Gasteiger partial charge in [0.2, 0.25) is 0 Å². The maximum atomic E-state index is 12.4. The van der Waals surface area contributed by atoms with E-state index in [4.69, 9.17) is 9.47 Å². The van der Waals surface area contributed by atoms with Crippen LogP contribution in [0.2, 0.25) is 0 Å². The molecular formula is C16H29NO4. The summed E-state index contributed by atoms with van der Waals surface area (Å²) in [6.45, 7) is 9.73. The number of ether oxygens (including phenoxy) is 2. The number of unbranched alkanes of at least 4 members (excludes halogenated alkanes) is 1. The molecule has 0 bridgehead atoms. The highest BCUT2D eigenvalue weighted by Crippen LogP contribution is 2.30. The van der Waals surface area contributed by atoms with Gasteiger partial charge in [-0.3, -0.25) is 4.90 Å². The summed E-state index contributed by atoms with van der Waals surface area (Å²) in [7, 11) is 0. The summed E-state index contributed by atoms with van der Waals surface area (Å²) in [5, 5.41) is 0. The Bertz CT molecular complexity index is 362. The Labute approximate surface area is 128 Å². The molecule has 0 aromatic carbocycles.